The van der Waals surface area contributed by atoms with Gasteiger partial charge in [0.05, 0.1) is 17.6 Å². The molecule has 2 aromatic rings. The first-order valence-corrected chi connectivity index (χ1v) is 6.88. The maximum Gasteiger partial charge on any atom is 0.306 e. The molecule has 0 spiro atoms. The highest BCUT2D eigenvalue weighted by Crippen LogP contribution is 2.34. The van der Waals surface area contributed by atoms with E-state index in [2.05, 4.69) is 11.1 Å². The Morgan fingerprint density at radius 2 is 2.05 bits per heavy atom. The van der Waals surface area contributed by atoms with Gasteiger partial charge in [-0.3, -0.25) is 9.59 Å². The zero-order valence-corrected chi connectivity index (χ0v) is 11.3. The van der Waals surface area contributed by atoms with Gasteiger partial charge in [0.25, 0.3) is 0 Å². The summed E-state index contributed by atoms with van der Waals surface area (Å²) in [7, 11) is 0. The fourth-order valence-corrected chi connectivity index (χ4v) is 3.06. The Kier molecular flexibility index (Phi) is 3.22. The van der Waals surface area contributed by atoms with Crippen molar-refractivity contribution in [3.8, 4) is 6.07 Å². The minimum absolute atomic E-state index is 0.00490. The molecule has 0 bridgehead atoms. The largest absolute Gasteiger partial charge is 0.481 e. The number of fused-ring (bicyclic) bond motifs is 1. The first-order valence-electron chi connectivity index (χ1n) is 6.88. The van der Waals surface area contributed by atoms with E-state index in [9.17, 15) is 9.59 Å². The number of nitriles is 1. The molecule has 0 saturated heterocycles. The lowest BCUT2D eigenvalue weighted by Crippen LogP contribution is -2.14. The summed E-state index contributed by atoms with van der Waals surface area (Å²) in [5, 5.41) is 18.7. The van der Waals surface area contributed by atoms with Crippen molar-refractivity contribution in [1.29, 1.82) is 5.26 Å². The molecule has 0 aliphatic heterocycles. The third-order valence-corrected chi connectivity index (χ3v) is 4.23. The number of benzene rings is 1. The summed E-state index contributed by atoms with van der Waals surface area (Å²) in [6, 6.07) is 7.22. The number of Topliss-reactive ketones (excluding diaryl/α,β-unsaturated/α-hetero) is 1. The van der Waals surface area contributed by atoms with Crippen LogP contribution in [0.2, 0.25) is 0 Å². The number of hydrogen-bond donors (Lipinski definition) is 2. The highest BCUT2D eigenvalue weighted by Gasteiger charge is 2.34. The van der Waals surface area contributed by atoms with E-state index in [1.165, 1.54) is 0 Å². The SMILES string of the molecule is N#Cc1ccc2c(C(=O)C3CCC(C(=O)O)C3)c[nH]c2c1. The lowest BCUT2D eigenvalue weighted by atomic mass is 9.94. The number of nitrogens with one attached hydrogen (secondary N) is 1. The molecule has 5 heteroatoms. The number of nitrogens with zero attached hydrogens (tertiary/aromatic N) is 1. The maximum atomic E-state index is 12.6. The minimum Gasteiger partial charge on any atom is -0.481 e. The average molecular weight is 282 g/mol. The van der Waals surface area contributed by atoms with Crippen LogP contribution in [0.3, 0.4) is 0 Å². The topological polar surface area (TPSA) is 93.9 Å². The van der Waals surface area contributed by atoms with Crippen LogP contribution in [0, 0.1) is 23.2 Å². The van der Waals surface area contributed by atoms with Crippen LogP contribution in [0.25, 0.3) is 10.9 Å². The second-order valence-electron chi connectivity index (χ2n) is 5.48. The quantitative estimate of drug-likeness (QED) is 0.846. The number of rotatable bonds is 3. The Morgan fingerprint density at radius 1 is 1.29 bits per heavy atom. The van der Waals surface area contributed by atoms with Crippen molar-refractivity contribution in [1.82, 2.24) is 4.98 Å². The molecule has 1 aliphatic carbocycles. The molecule has 0 amide bonds. The molecule has 1 saturated carbocycles. The predicted molar refractivity (Wildman–Crippen MR) is 75.8 cm³/mol. The molecule has 5 nitrogen and oxygen atoms in total. The third kappa shape index (κ3) is 2.29. The normalized spacial score (nSPS) is 21.3. The summed E-state index contributed by atoms with van der Waals surface area (Å²) in [6.45, 7) is 0. The number of ketones is 1. The molecule has 1 aromatic heterocycles. The second-order valence-corrected chi connectivity index (χ2v) is 5.48. The van der Waals surface area contributed by atoms with E-state index in [0.717, 1.165) is 10.9 Å². The summed E-state index contributed by atoms with van der Waals surface area (Å²) in [5.74, 6) is -1.45. The number of carboxylic acid groups (broad SMARTS) is 1. The number of carbonyl (C=O) groups excluding carboxylic acids is 1. The summed E-state index contributed by atoms with van der Waals surface area (Å²) in [6.07, 6.45) is 3.25. The second kappa shape index (κ2) is 5.06. The average Bonchev–Trinajstić information content (AvgIpc) is 3.12. The summed E-state index contributed by atoms with van der Waals surface area (Å²) < 4.78 is 0. The van der Waals surface area contributed by atoms with Gasteiger partial charge in [-0.2, -0.15) is 5.26 Å². The number of aromatic amines is 1. The van der Waals surface area contributed by atoms with E-state index in [0.29, 0.717) is 30.4 Å². The molecule has 3 rings (SSSR count). The van der Waals surface area contributed by atoms with Gasteiger partial charge >= 0.3 is 5.97 Å². The van der Waals surface area contributed by atoms with Crippen LogP contribution >= 0.6 is 0 Å². The zero-order valence-electron chi connectivity index (χ0n) is 11.3. The van der Waals surface area contributed by atoms with Gasteiger partial charge in [-0.25, -0.2) is 0 Å². The van der Waals surface area contributed by atoms with Gasteiger partial charge in [0.1, 0.15) is 0 Å². The van der Waals surface area contributed by atoms with E-state index in [1.54, 1.807) is 24.4 Å². The van der Waals surface area contributed by atoms with E-state index < -0.39 is 11.9 Å². The molecule has 106 valence electrons. The van der Waals surface area contributed by atoms with E-state index >= 15 is 0 Å². The van der Waals surface area contributed by atoms with Crippen molar-refractivity contribution in [3.05, 3.63) is 35.5 Å². The van der Waals surface area contributed by atoms with Crippen LogP contribution < -0.4 is 0 Å². The number of aliphatic carboxylic acids is 1. The van der Waals surface area contributed by atoms with Crippen molar-refractivity contribution in [3.63, 3.8) is 0 Å². The molecule has 1 fully saturated rings. The van der Waals surface area contributed by atoms with Crippen molar-refractivity contribution in [2.24, 2.45) is 11.8 Å². The van der Waals surface area contributed by atoms with Crippen molar-refractivity contribution in [2.45, 2.75) is 19.3 Å². The van der Waals surface area contributed by atoms with E-state index in [4.69, 9.17) is 10.4 Å². The molecule has 0 radical (unpaired) electrons. The fourth-order valence-electron chi connectivity index (χ4n) is 3.06. The number of aromatic nitrogens is 1. The van der Waals surface area contributed by atoms with Crippen molar-refractivity contribution >= 4 is 22.7 Å². The zero-order chi connectivity index (χ0) is 15.0. The summed E-state index contributed by atoms with van der Waals surface area (Å²) in [5.41, 5.74) is 1.88. The van der Waals surface area contributed by atoms with Gasteiger partial charge < -0.3 is 10.1 Å². The lowest BCUT2D eigenvalue weighted by molar-refractivity contribution is -0.141. The molecule has 21 heavy (non-hydrogen) atoms. The summed E-state index contributed by atoms with van der Waals surface area (Å²) >= 11 is 0. The van der Waals surface area contributed by atoms with E-state index in [1.807, 2.05) is 0 Å². The van der Waals surface area contributed by atoms with Gasteiger partial charge in [0.15, 0.2) is 5.78 Å². The van der Waals surface area contributed by atoms with Crippen LogP contribution in [-0.4, -0.2) is 21.8 Å². The molecular weight excluding hydrogens is 268 g/mol. The Bertz CT molecular complexity index is 769. The van der Waals surface area contributed by atoms with E-state index in [-0.39, 0.29) is 11.7 Å². The van der Waals surface area contributed by atoms with Gasteiger partial charge in [-0.05, 0) is 31.4 Å². The van der Waals surface area contributed by atoms with Gasteiger partial charge in [-0.1, -0.05) is 6.07 Å². The fraction of sp³-hybridized carbons (Fsp3) is 0.312. The van der Waals surface area contributed by atoms with Crippen LogP contribution in [0.5, 0.6) is 0 Å². The van der Waals surface area contributed by atoms with Gasteiger partial charge in [0.2, 0.25) is 0 Å². The predicted octanol–water partition coefficient (Wildman–Crippen LogP) is 2.72. The first-order chi connectivity index (χ1) is 10.1. The number of carboxylic acids is 1. The van der Waals surface area contributed by atoms with Crippen LogP contribution in [0.1, 0.15) is 35.2 Å². The standard InChI is InChI=1S/C16H14N2O3/c17-7-9-1-4-12-13(8-18-14(12)5-9)15(19)10-2-3-11(6-10)16(20)21/h1,4-5,8,10-11,18H,2-3,6H2,(H,20,21). The Hall–Kier alpha value is -2.61. The Morgan fingerprint density at radius 3 is 2.71 bits per heavy atom. The van der Waals surface area contributed by atoms with Crippen LogP contribution in [0.15, 0.2) is 24.4 Å². The highest BCUT2D eigenvalue weighted by atomic mass is 16.4. The van der Waals surface area contributed by atoms with Crippen molar-refractivity contribution < 1.29 is 14.7 Å². The number of H-pyrrole nitrogens is 1. The molecule has 1 aliphatic rings. The highest BCUT2D eigenvalue weighted by molar-refractivity contribution is 6.09. The molecule has 1 aromatic carbocycles. The lowest BCUT2D eigenvalue weighted by Gasteiger charge is -2.07. The molecular formula is C16H14N2O3. The number of hydrogen-bond acceptors (Lipinski definition) is 3. The molecule has 1 heterocycles. The van der Waals surface area contributed by atoms with Crippen molar-refractivity contribution in [2.75, 3.05) is 0 Å². The maximum absolute atomic E-state index is 12.6. The monoisotopic (exact) mass is 282 g/mol. The molecule has 2 unspecified atom stereocenters. The smallest absolute Gasteiger partial charge is 0.306 e. The summed E-state index contributed by atoms with van der Waals surface area (Å²) in [4.78, 5) is 26.6. The number of carbonyl (C=O) groups is 2. The van der Waals surface area contributed by atoms with Crippen LogP contribution in [-0.2, 0) is 4.79 Å². The van der Waals surface area contributed by atoms with Gasteiger partial charge in [-0.15, -0.1) is 0 Å². The van der Waals surface area contributed by atoms with Gasteiger partial charge in [0, 0.05) is 28.6 Å². The Balaban J connectivity index is 1.89. The Labute approximate surface area is 121 Å². The van der Waals surface area contributed by atoms with Crippen LogP contribution in [0.4, 0.5) is 0 Å². The minimum atomic E-state index is -0.817. The molecule has 2 atom stereocenters. The third-order valence-electron chi connectivity index (χ3n) is 4.23. The molecule has 2 N–H and O–H groups in total. The first kappa shape index (κ1) is 13.4.